The van der Waals surface area contributed by atoms with Gasteiger partial charge in [0.05, 0.1) is 0 Å². The minimum absolute atomic E-state index is 0.0914. The molecule has 1 atom stereocenters. The summed E-state index contributed by atoms with van der Waals surface area (Å²) in [7, 11) is 0. The number of piperidine rings is 1. The van der Waals surface area contributed by atoms with E-state index in [9.17, 15) is 9.18 Å². The summed E-state index contributed by atoms with van der Waals surface area (Å²) in [6.07, 6.45) is 1.98. The Kier molecular flexibility index (Phi) is 4.60. The van der Waals surface area contributed by atoms with Gasteiger partial charge in [-0.25, -0.2) is 4.39 Å². The summed E-state index contributed by atoms with van der Waals surface area (Å²) in [5.41, 5.74) is 2.67. The molecule has 4 heteroatoms. The van der Waals surface area contributed by atoms with E-state index >= 15 is 0 Å². The first-order valence-electron chi connectivity index (χ1n) is 8.00. The maximum absolute atomic E-state index is 13.0. The largest absolute Gasteiger partial charge is 0.381 e. The Morgan fingerprint density at radius 1 is 1.17 bits per heavy atom. The fourth-order valence-corrected chi connectivity index (χ4v) is 3.04. The van der Waals surface area contributed by atoms with Crippen molar-refractivity contribution in [2.75, 3.05) is 18.4 Å². The zero-order valence-electron chi connectivity index (χ0n) is 13.3. The molecular weight excluding hydrogens is 291 g/mol. The smallest absolute Gasteiger partial charge is 0.254 e. The lowest BCUT2D eigenvalue weighted by molar-refractivity contribution is 0.0714. The van der Waals surface area contributed by atoms with E-state index < -0.39 is 0 Å². The first-order chi connectivity index (χ1) is 11.1. The van der Waals surface area contributed by atoms with E-state index in [-0.39, 0.29) is 17.8 Å². The second-order valence-electron chi connectivity index (χ2n) is 6.06. The number of hydrogen-bond acceptors (Lipinski definition) is 2. The zero-order chi connectivity index (χ0) is 16.2. The molecule has 1 amide bonds. The van der Waals surface area contributed by atoms with Gasteiger partial charge in [0.2, 0.25) is 0 Å². The Bertz CT molecular complexity index is 684. The average molecular weight is 312 g/mol. The van der Waals surface area contributed by atoms with E-state index in [4.69, 9.17) is 0 Å². The number of carbonyl (C=O) groups excluding carboxylic acids is 1. The molecule has 1 heterocycles. The highest BCUT2D eigenvalue weighted by atomic mass is 19.1. The molecule has 1 saturated heterocycles. The van der Waals surface area contributed by atoms with Crippen LogP contribution in [0.15, 0.2) is 48.5 Å². The highest BCUT2D eigenvalue weighted by Gasteiger charge is 2.25. The van der Waals surface area contributed by atoms with Crippen LogP contribution >= 0.6 is 0 Å². The summed E-state index contributed by atoms with van der Waals surface area (Å²) < 4.78 is 13.0. The van der Waals surface area contributed by atoms with Gasteiger partial charge in [0.1, 0.15) is 5.82 Å². The zero-order valence-corrected chi connectivity index (χ0v) is 13.3. The molecule has 0 aromatic heterocycles. The molecule has 2 aromatic rings. The standard InChI is InChI=1S/C19H21FN2O/c1-14-5-2-3-7-18(14)19(23)22-12-4-6-17(13-22)21-16-10-8-15(20)9-11-16/h2-3,5,7-11,17,21H,4,6,12-13H2,1H3. The van der Waals surface area contributed by atoms with Crippen molar-refractivity contribution in [3.05, 3.63) is 65.5 Å². The molecule has 23 heavy (non-hydrogen) atoms. The summed E-state index contributed by atoms with van der Waals surface area (Å²) in [5, 5.41) is 3.40. The van der Waals surface area contributed by atoms with Gasteiger partial charge in [-0.1, -0.05) is 18.2 Å². The van der Waals surface area contributed by atoms with Gasteiger partial charge >= 0.3 is 0 Å². The third kappa shape index (κ3) is 3.70. The van der Waals surface area contributed by atoms with E-state index in [1.165, 1.54) is 12.1 Å². The van der Waals surface area contributed by atoms with Gasteiger partial charge in [0, 0.05) is 30.4 Å². The lowest BCUT2D eigenvalue weighted by atomic mass is 10.0. The molecule has 1 unspecified atom stereocenters. The molecule has 0 spiro atoms. The molecule has 1 aliphatic rings. The first-order valence-corrected chi connectivity index (χ1v) is 8.00. The van der Waals surface area contributed by atoms with Gasteiger partial charge in [-0.3, -0.25) is 4.79 Å². The predicted octanol–water partition coefficient (Wildman–Crippen LogP) is 3.85. The molecule has 2 aromatic carbocycles. The quantitative estimate of drug-likeness (QED) is 0.933. The van der Waals surface area contributed by atoms with Crippen LogP contribution in [0.25, 0.3) is 0 Å². The third-order valence-corrected chi connectivity index (χ3v) is 4.30. The molecule has 1 aliphatic heterocycles. The Morgan fingerprint density at radius 3 is 2.65 bits per heavy atom. The SMILES string of the molecule is Cc1ccccc1C(=O)N1CCCC(Nc2ccc(F)cc2)C1. The fraction of sp³-hybridized carbons (Fsp3) is 0.316. The van der Waals surface area contributed by atoms with Crippen molar-refractivity contribution < 1.29 is 9.18 Å². The number of anilines is 1. The van der Waals surface area contributed by atoms with E-state index in [0.29, 0.717) is 6.54 Å². The maximum Gasteiger partial charge on any atom is 0.254 e. The predicted molar refractivity (Wildman–Crippen MR) is 90.1 cm³/mol. The third-order valence-electron chi connectivity index (χ3n) is 4.30. The molecule has 0 aliphatic carbocycles. The van der Waals surface area contributed by atoms with Gasteiger partial charge in [-0.05, 0) is 55.7 Å². The van der Waals surface area contributed by atoms with Crippen molar-refractivity contribution in [1.29, 1.82) is 0 Å². The first kappa shape index (κ1) is 15.5. The van der Waals surface area contributed by atoms with Gasteiger partial charge in [0.15, 0.2) is 0 Å². The molecular formula is C19H21FN2O. The molecule has 1 N–H and O–H groups in total. The van der Waals surface area contributed by atoms with Crippen molar-refractivity contribution >= 4 is 11.6 Å². The monoisotopic (exact) mass is 312 g/mol. The minimum Gasteiger partial charge on any atom is -0.381 e. The number of nitrogens with zero attached hydrogens (tertiary/aromatic N) is 1. The molecule has 0 saturated carbocycles. The maximum atomic E-state index is 13.0. The molecule has 3 nitrogen and oxygen atoms in total. The number of likely N-dealkylation sites (tertiary alicyclic amines) is 1. The number of hydrogen-bond donors (Lipinski definition) is 1. The van der Waals surface area contributed by atoms with E-state index in [1.54, 1.807) is 12.1 Å². The van der Waals surface area contributed by atoms with Crippen molar-refractivity contribution in [2.24, 2.45) is 0 Å². The summed E-state index contributed by atoms with van der Waals surface area (Å²) in [6, 6.07) is 14.2. The molecule has 1 fully saturated rings. The fourth-order valence-electron chi connectivity index (χ4n) is 3.04. The van der Waals surface area contributed by atoms with Crippen LogP contribution in [-0.4, -0.2) is 29.9 Å². The van der Waals surface area contributed by atoms with Crippen molar-refractivity contribution in [1.82, 2.24) is 4.90 Å². The van der Waals surface area contributed by atoms with E-state index in [1.807, 2.05) is 36.1 Å². The second-order valence-corrected chi connectivity index (χ2v) is 6.06. The summed E-state index contributed by atoms with van der Waals surface area (Å²) in [4.78, 5) is 14.6. The van der Waals surface area contributed by atoms with Crippen LogP contribution in [0, 0.1) is 12.7 Å². The van der Waals surface area contributed by atoms with Gasteiger partial charge in [0.25, 0.3) is 5.91 Å². The normalized spacial score (nSPS) is 17.8. The molecule has 120 valence electrons. The highest BCUT2D eigenvalue weighted by molar-refractivity contribution is 5.95. The summed E-state index contributed by atoms with van der Waals surface area (Å²) in [5.74, 6) is -0.149. The molecule has 0 radical (unpaired) electrons. The van der Waals surface area contributed by atoms with Crippen LogP contribution in [0.4, 0.5) is 10.1 Å². The van der Waals surface area contributed by atoms with Crippen molar-refractivity contribution in [3.63, 3.8) is 0 Å². The number of halogens is 1. The summed E-state index contributed by atoms with van der Waals surface area (Å²) >= 11 is 0. The number of carbonyl (C=O) groups is 1. The van der Waals surface area contributed by atoms with Crippen LogP contribution in [-0.2, 0) is 0 Å². The number of benzene rings is 2. The Morgan fingerprint density at radius 2 is 1.91 bits per heavy atom. The van der Waals surface area contributed by atoms with Gasteiger partial charge < -0.3 is 10.2 Å². The van der Waals surface area contributed by atoms with Crippen molar-refractivity contribution in [3.8, 4) is 0 Å². The lowest BCUT2D eigenvalue weighted by Crippen LogP contribution is -2.45. The number of aryl methyl sites for hydroxylation is 1. The van der Waals surface area contributed by atoms with E-state index in [0.717, 1.165) is 36.2 Å². The molecule has 3 rings (SSSR count). The number of nitrogens with one attached hydrogen (secondary N) is 1. The summed E-state index contributed by atoms with van der Waals surface area (Å²) in [6.45, 7) is 3.42. The second kappa shape index (κ2) is 6.82. The number of amides is 1. The number of rotatable bonds is 3. The Hall–Kier alpha value is -2.36. The van der Waals surface area contributed by atoms with E-state index in [2.05, 4.69) is 5.32 Å². The van der Waals surface area contributed by atoms with Crippen LogP contribution in [0.3, 0.4) is 0 Å². The van der Waals surface area contributed by atoms with Crippen LogP contribution in [0.1, 0.15) is 28.8 Å². The van der Waals surface area contributed by atoms with Crippen LogP contribution in [0.5, 0.6) is 0 Å². The Labute approximate surface area is 136 Å². The van der Waals surface area contributed by atoms with Gasteiger partial charge in [-0.2, -0.15) is 0 Å². The lowest BCUT2D eigenvalue weighted by Gasteiger charge is -2.34. The van der Waals surface area contributed by atoms with Gasteiger partial charge in [-0.15, -0.1) is 0 Å². The van der Waals surface area contributed by atoms with Crippen LogP contribution in [0.2, 0.25) is 0 Å². The highest BCUT2D eigenvalue weighted by Crippen LogP contribution is 2.19. The van der Waals surface area contributed by atoms with Crippen molar-refractivity contribution in [2.45, 2.75) is 25.8 Å². The van der Waals surface area contributed by atoms with Crippen LogP contribution < -0.4 is 5.32 Å². The minimum atomic E-state index is -0.240. The Balaban J connectivity index is 1.67. The average Bonchev–Trinajstić information content (AvgIpc) is 2.57. The molecule has 0 bridgehead atoms. The topological polar surface area (TPSA) is 32.3 Å².